The van der Waals surface area contributed by atoms with E-state index in [0.717, 1.165) is 66.7 Å². The van der Waals surface area contributed by atoms with E-state index in [1.165, 1.54) is 36.9 Å². The molecule has 0 unspecified atom stereocenters. The van der Waals surface area contributed by atoms with Gasteiger partial charge in [0.2, 0.25) is 0 Å². The highest BCUT2D eigenvalue weighted by molar-refractivity contribution is 7.25. The van der Waals surface area contributed by atoms with Crippen LogP contribution in [0.15, 0.2) is 199 Å². The average Bonchev–Trinajstić information content (AvgIpc) is 3.86. The third kappa shape index (κ3) is 5.50. The Morgan fingerprint density at radius 3 is 1.66 bits per heavy atom. The number of hydrogen-bond donors (Lipinski definition) is 0. The lowest BCUT2D eigenvalue weighted by molar-refractivity contribution is 0.670. The first-order valence-corrected chi connectivity index (χ1v) is 19.6. The summed E-state index contributed by atoms with van der Waals surface area (Å²) in [6, 6.07) is 68.3. The lowest BCUT2D eigenvalue weighted by Crippen LogP contribution is -1.96. The molecule has 0 bridgehead atoms. The molecule has 0 aliphatic heterocycles. The summed E-state index contributed by atoms with van der Waals surface area (Å²) in [5.41, 5.74) is 13.4. The first-order chi connectivity index (χ1) is 27.7. The van der Waals surface area contributed by atoms with Gasteiger partial charge in [0.25, 0.3) is 0 Å². The van der Waals surface area contributed by atoms with Crippen molar-refractivity contribution in [3.05, 3.63) is 194 Å². The van der Waals surface area contributed by atoms with E-state index >= 15 is 0 Å². The maximum Gasteiger partial charge on any atom is 0.160 e. The van der Waals surface area contributed by atoms with Crippen LogP contribution in [0.3, 0.4) is 0 Å². The molecule has 0 N–H and O–H groups in total. The molecule has 56 heavy (non-hydrogen) atoms. The predicted molar refractivity (Wildman–Crippen MR) is 235 cm³/mol. The molecule has 8 aromatic carbocycles. The van der Waals surface area contributed by atoms with Crippen LogP contribution in [0.1, 0.15) is 0 Å². The Labute approximate surface area is 327 Å². The Bertz CT molecular complexity index is 3220. The van der Waals surface area contributed by atoms with Crippen LogP contribution in [-0.2, 0) is 0 Å². The van der Waals surface area contributed by atoms with Gasteiger partial charge in [-0.3, -0.25) is 0 Å². The zero-order valence-corrected chi connectivity index (χ0v) is 31.0. The number of thiophene rings is 1. The molecule has 0 aliphatic rings. The van der Waals surface area contributed by atoms with E-state index in [2.05, 4.69) is 164 Å². The lowest BCUT2D eigenvalue weighted by atomic mass is 9.92. The zero-order chi connectivity index (χ0) is 37.0. The molecule has 3 heterocycles. The third-order valence-electron chi connectivity index (χ3n) is 10.8. The summed E-state index contributed by atoms with van der Waals surface area (Å²) < 4.78 is 9.33. The van der Waals surface area contributed by atoms with Gasteiger partial charge in [-0.05, 0) is 58.1 Å². The first kappa shape index (κ1) is 32.3. The predicted octanol–water partition coefficient (Wildman–Crippen LogP) is 14.7. The van der Waals surface area contributed by atoms with Gasteiger partial charge in [-0.15, -0.1) is 11.3 Å². The summed E-state index contributed by atoms with van der Waals surface area (Å²) in [5.74, 6) is 0.693. The first-order valence-electron chi connectivity index (χ1n) is 18.8. The van der Waals surface area contributed by atoms with Crippen molar-refractivity contribution < 1.29 is 4.42 Å². The van der Waals surface area contributed by atoms with Crippen LogP contribution in [0.25, 0.3) is 109 Å². The van der Waals surface area contributed by atoms with Crippen LogP contribution in [0.2, 0.25) is 0 Å². The Hall–Kier alpha value is -7.14. The van der Waals surface area contributed by atoms with Crippen molar-refractivity contribution in [3.8, 4) is 67.3 Å². The topological polar surface area (TPSA) is 38.9 Å². The van der Waals surface area contributed by atoms with Gasteiger partial charge >= 0.3 is 0 Å². The van der Waals surface area contributed by atoms with E-state index in [9.17, 15) is 0 Å². The minimum atomic E-state index is 0.693. The van der Waals surface area contributed by atoms with Crippen molar-refractivity contribution in [3.63, 3.8) is 0 Å². The maximum atomic E-state index is 6.74. The second-order valence-corrected chi connectivity index (χ2v) is 15.2. The molecule has 11 aromatic rings. The van der Waals surface area contributed by atoms with Crippen molar-refractivity contribution in [2.45, 2.75) is 0 Å². The molecule has 0 amide bonds. The van der Waals surface area contributed by atoms with Crippen LogP contribution in [0, 0.1) is 0 Å². The summed E-state index contributed by atoms with van der Waals surface area (Å²) >= 11 is 1.85. The lowest BCUT2D eigenvalue weighted by Gasteiger charge is -2.12. The Balaban J connectivity index is 1.02. The number of furan rings is 1. The highest BCUT2D eigenvalue weighted by atomic mass is 32.1. The molecular formula is C52H32N2OS. The third-order valence-corrected chi connectivity index (χ3v) is 11.9. The minimum absolute atomic E-state index is 0.693. The van der Waals surface area contributed by atoms with Crippen LogP contribution >= 0.6 is 11.3 Å². The molecule has 0 aliphatic carbocycles. The van der Waals surface area contributed by atoms with E-state index in [0.29, 0.717) is 5.82 Å². The van der Waals surface area contributed by atoms with Gasteiger partial charge < -0.3 is 4.42 Å². The normalized spacial score (nSPS) is 11.6. The van der Waals surface area contributed by atoms with Crippen LogP contribution in [0.4, 0.5) is 0 Å². The average molecular weight is 733 g/mol. The summed E-state index contributed by atoms with van der Waals surface area (Å²) in [6.07, 6.45) is 0. The van der Waals surface area contributed by atoms with Gasteiger partial charge in [0, 0.05) is 53.2 Å². The van der Waals surface area contributed by atoms with Crippen molar-refractivity contribution in [2.75, 3.05) is 0 Å². The Morgan fingerprint density at radius 1 is 0.357 bits per heavy atom. The summed E-state index contributed by atoms with van der Waals surface area (Å²) in [4.78, 5) is 10.2. The molecule has 0 radical (unpaired) electrons. The van der Waals surface area contributed by atoms with Gasteiger partial charge in [0.15, 0.2) is 5.82 Å². The number of rotatable bonds is 6. The number of fused-ring (bicyclic) bond motifs is 6. The smallest absolute Gasteiger partial charge is 0.160 e. The largest absolute Gasteiger partial charge is 0.455 e. The van der Waals surface area contributed by atoms with Gasteiger partial charge in [-0.2, -0.15) is 0 Å². The number of para-hydroxylation sites is 1. The summed E-state index contributed by atoms with van der Waals surface area (Å²) in [7, 11) is 0. The fourth-order valence-electron chi connectivity index (χ4n) is 8.02. The Morgan fingerprint density at radius 2 is 0.893 bits per heavy atom. The highest BCUT2D eigenvalue weighted by Crippen LogP contribution is 2.46. The van der Waals surface area contributed by atoms with E-state index in [4.69, 9.17) is 14.4 Å². The summed E-state index contributed by atoms with van der Waals surface area (Å²) in [5, 5.41) is 4.83. The Kier molecular flexibility index (Phi) is 7.68. The standard InChI is InChI=1S/C52H32N2OS/c1-3-12-33(13-4-1)34-22-28-38(29-23-34)52-53-44(36-14-5-2-6-15-36)32-45(54-52)37-26-24-35(25-27-37)39-30-31-41(50-42-16-7-9-19-46(42)55-51(39)50)40-18-11-21-48-49(40)43-17-8-10-20-47(43)56-48/h1-32H. The second-order valence-electron chi connectivity index (χ2n) is 14.1. The van der Waals surface area contributed by atoms with Crippen LogP contribution < -0.4 is 0 Å². The van der Waals surface area contributed by atoms with E-state index in [1.807, 2.05) is 41.7 Å². The van der Waals surface area contributed by atoms with E-state index < -0.39 is 0 Å². The maximum absolute atomic E-state index is 6.74. The van der Waals surface area contributed by atoms with Gasteiger partial charge in [0.1, 0.15) is 11.2 Å². The number of hydrogen-bond acceptors (Lipinski definition) is 4. The molecule has 4 heteroatoms. The highest BCUT2D eigenvalue weighted by Gasteiger charge is 2.20. The number of benzene rings is 8. The molecule has 0 saturated carbocycles. The molecule has 0 fully saturated rings. The second kappa shape index (κ2) is 13.3. The molecule has 0 saturated heterocycles. The van der Waals surface area contributed by atoms with Gasteiger partial charge in [0.05, 0.1) is 11.4 Å². The van der Waals surface area contributed by atoms with Crippen molar-refractivity contribution in [1.29, 1.82) is 0 Å². The van der Waals surface area contributed by atoms with Crippen LogP contribution in [0.5, 0.6) is 0 Å². The van der Waals surface area contributed by atoms with Crippen LogP contribution in [-0.4, -0.2) is 9.97 Å². The minimum Gasteiger partial charge on any atom is -0.455 e. The molecule has 0 atom stereocenters. The quantitative estimate of drug-likeness (QED) is 0.171. The zero-order valence-electron chi connectivity index (χ0n) is 30.2. The fourth-order valence-corrected chi connectivity index (χ4v) is 9.16. The van der Waals surface area contributed by atoms with Crippen molar-refractivity contribution in [2.24, 2.45) is 0 Å². The van der Waals surface area contributed by atoms with Gasteiger partial charge in [-0.25, -0.2) is 9.97 Å². The molecule has 3 nitrogen and oxygen atoms in total. The van der Waals surface area contributed by atoms with Crippen molar-refractivity contribution in [1.82, 2.24) is 9.97 Å². The monoisotopic (exact) mass is 732 g/mol. The molecule has 0 spiro atoms. The SMILES string of the molecule is c1ccc(-c2ccc(-c3nc(-c4ccccc4)cc(-c4ccc(-c5ccc(-c6cccc7sc8ccccc8c67)c6c5oc5ccccc56)cc4)n3)cc2)cc1. The molecule has 3 aromatic heterocycles. The number of aromatic nitrogens is 2. The van der Waals surface area contributed by atoms with Crippen molar-refractivity contribution >= 4 is 53.4 Å². The summed E-state index contributed by atoms with van der Waals surface area (Å²) in [6.45, 7) is 0. The molecular weight excluding hydrogens is 701 g/mol. The van der Waals surface area contributed by atoms with E-state index in [1.54, 1.807) is 0 Å². The number of nitrogens with zero attached hydrogens (tertiary/aromatic N) is 2. The molecule has 11 rings (SSSR count). The van der Waals surface area contributed by atoms with Gasteiger partial charge in [-0.1, -0.05) is 164 Å². The van der Waals surface area contributed by atoms with E-state index in [-0.39, 0.29) is 0 Å². The molecule has 262 valence electrons. The fraction of sp³-hybridized carbons (Fsp3) is 0.